The van der Waals surface area contributed by atoms with Crippen molar-refractivity contribution in [2.75, 3.05) is 6.54 Å². The van der Waals surface area contributed by atoms with Crippen LogP contribution in [-0.2, 0) is 20.9 Å². The van der Waals surface area contributed by atoms with E-state index in [2.05, 4.69) is 0 Å². The van der Waals surface area contributed by atoms with Crippen LogP contribution in [0.1, 0.15) is 37.7 Å². The lowest BCUT2D eigenvalue weighted by molar-refractivity contribution is -0.152. The van der Waals surface area contributed by atoms with Gasteiger partial charge in [0.25, 0.3) is 0 Å². The van der Waals surface area contributed by atoms with Gasteiger partial charge >= 0.3 is 0 Å². The Balaban J connectivity index is 1.46. The lowest BCUT2D eigenvalue weighted by Gasteiger charge is -2.41. The number of carbonyl (C=O) groups is 2. The van der Waals surface area contributed by atoms with E-state index in [1.54, 1.807) is 4.90 Å². The molecule has 0 aromatic heterocycles. The predicted octanol–water partition coefficient (Wildman–Crippen LogP) is 1.85. The number of rotatable bonds is 5. The van der Waals surface area contributed by atoms with E-state index < -0.39 is 6.04 Å². The van der Waals surface area contributed by atoms with Gasteiger partial charge in [-0.3, -0.25) is 9.59 Å². The maximum absolute atomic E-state index is 12.6. The van der Waals surface area contributed by atoms with Gasteiger partial charge in [0.2, 0.25) is 11.8 Å². The standard InChI is InChI=1S/C18H24N2O3/c19-17(21)16-8-4-5-9-20(16)18(22)14-10-15(11-14)23-12-13-6-2-1-3-7-13/h1-3,6-7,14-16H,4-5,8-12H2,(H2,19,21). The SMILES string of the molecule is NC(=O)C1CCCCN1C(=O)C1CC(OCc2ccccc2)C1. The van der Waals surface area contributed by atoms with Crippen LogP contribution in [-0.4, -0.2) is 35.4 Å². The number of likely N-dealkylation sites (tertiary alicyclic amines) is 1. The smallest absolute Gasteiger partial charge is 0.240 e. The number of hydrogen-bond acceptors (Lipinski definition) is 3. The van der Waals surface area contributed by atoms with Gasteiger partial charge in [0.15, 0.2) is 0 Å². The summed E-state index contributed by atoms with van der Waals surface area (Å²) in [5.41, 5.74) is 6.58. The van der Waals surface area contributed by atoms with Crippen LogP contribution >= 0.6 is 0 Å². The fourth-order valence-corrected chi connectivity index (χ4v) is 3.42. The number of piperidine rings is 1. The van der Waals surface area contributed by atoms with Gasteiger partial charge in [-0.05, 0) is 37.7 Å². The summed E-state index contributed by atoms with van der Waals surface area (Å²) < 4.78 is 5.84. The third-order valence-corrected chi connectivity index (χ3v) is 4.89. The van der Waals surface area contributed by atoms with E-state index in [0.29, 0.717) is 19.6 Å². The maximum Gasteiger partial charge on any atom is 0.240 e. The minimum Gasteiger partial charge on any atom is -0.373 e. The molecular formula is C18H24N2O3. The van der Waals surface area contributed by atoms with Gasteiger partial charge in [-0.1, -0.05) is 30.3 Å². The Morgan fingerprint density at radius 3 is 2.61 bits per heavy atom. The second-order valence-corrected chi connectivity index (χ2v) is 6.53. The summed E-state index contributed by atoms with van der Waals surface area (Å²) in [4.78, 5) is 25.8. The topological polar surface area (TPSA) is 72.6 Å². The highest BCUT2D eigenvalue weighted by atomic mass is 16.5. The zero-order valence-corrected chi connectivity index (χ0v) is 13.3. The van der Waals surface area contributed by atoms with E-state index in [1.807, 2.05) is 30.3 Å². The summed E-state index contributed by atoms with van der Waals surface area (Å²) in [6.07, 6.45) is 4.24. The number of carbonyl (C=O) groups excluding carboxylic acids is 2. The molecular weight excluding hydrogens is 292 g/mol. The van der Waals surface area contributed by atoms with E-state index in [1.165, 1.54) is 0 Å². The minimum absolute atomic E-state index is 0.0178. The number of primary amides is 1. The number of amides is 2. The lowest BCUT2D eigenvalue weighted by Crippen LogP contribution is -2.54. The number of ether oxygens (including phenoxy) is 1. The molecule has 1 saturated heterocycles. The molecule has 3 rings (SSSR count). The van der Waals surface area contributed by atoms with Gasteiger partial charge in [-0.25, -0.2) is 0 Å². The zero-order valence-electron chi connectivity index (χ0n) is 13.3. The molecule has 1 aliphatic heterocycles. The van der Waals surface area contributed by atoms with Crippen molar-refractivity contribution >= 4 is 11.8 Å². The second kappa shape index (κ2) is 7.13. The van der Waals surface area contributed by atoms with Crippen molar-refractivity contribution < 1.29 is 14.3 Å². The molecule has 124 valence electrons. The molecule has 2 amide bonds. The second-order valence-electron chi connectivity index (χ2n) is 6.53. The van der Waals surface area contributed by atoms with E-state index in [-0.39, 0.29) is 23.8 Å². The molecule has 23 heavy (non-hydrogen) atoms. The zero-order chi connectivity index (χ0) is 16.2. The molecule has 5 heteroatoms. The van der Waals surface area contributed by atoms with Gasteiger partial charge in [-0.2, -0.15) is 0 Å². The number of hydrogen-bond donors (Lipinski definition) is 1. The molecule has 2 aliphatic rings. The van der Waals surface area contributed by atoms with Crippen LogP contribution in [0.2, 0.25) is 0 Å². The van der Waals surface area contributed by atoms with E-state index in [9.17, 15) is 9.59 Å². The summed E-state index contributed by atoms with van der Waals surface area (Å²) in [5.74, 6) is -0.321. The van der Waals surface area contributed by atoms with Crippen molar-refractivity contribution in [3.05, 3.63) is 35.9 Å². The van der Waals surface area contributed by atoms with Gasteiger partial charge in [-0.15, -0.1) is 0 Å². The molecule has 0 bridgehead atoms. The first-order valence-corrected chi connectivity index (χ1v) is 8.40. The Bertz CT molecular complexity index is 555. The first-order chi connectivity index (χ1) is 11.1. The maximum atomic E-state index is 12.6. The molecule has 1 atom stereocenters. The lowest BCUT2D eigenvalue weighted by atomic mass is 9.80. The summed E-state index contributed by atoms with van der Waals surface area (Å²) >= 11 is 0. The number of nitrogens with two attached hydrogens (primary N) is 1. The third kappa shape index (κ3) is 3.72. The van der Waals surface area contributed by atoms with Crippen molar-refractivity contribution in [1.29, 1.82) is 0 Å². The summed E-state index contributed by atoms with van der Waals surface area (Å²) in [6, 6.07) is 9.62. The molecule has 2 N–H and O–H groups in total. The number of nitrogens with zero attached hydrogens (tertiary/aromatic N) is 1. The Morgan fingerprint density at radius 2 is 1.91 bits per heavy atom. The molecule has 1 heterocycles. The van der Waals surface area contributed by atoms with Crippen molar-refractivity contribution in [3.8, 4) is 0 Å². The largest absolute Gasteiger partial charge is 0.373 e. The normalized spacial score (nSPS) is 27.3. The van der Waals surface area contributed by atoms with Crippen LogP contribution in [0.5, 0.6) is 0 Å². The van der Waals surface area contributed by atoms with Crippen molar-refractivity contribution in [3.63, 3.8) is 0 Å². The molecule has 1 saturated carbocycles. The summed E-state index contributed by atoms with van der Waals surface area (Å²) in [7, 11) is 0. The van der Waals surface area contributed by atoms with E-state index >= 15 is 0 Å². The van der Waals surface area contributed by atoms with Gasteiger partial charge in [0.1, 0.15) is 6.04 Å². The van der Waals surface area contributed by atoms with Gasteiger partial charge < -0.3 is 15.4 Å². The van der Waals surface area contributed by atoms with Crippen LogP contribution in [0.25, 0.3) is 0 Å². The fourth-order valence-electron chi connectivity index (χ4n) is 3.42. The molecule has 5 nitrogen and oxygen atoms in total. The summed E-state index contributed by atoms with van der Waals surface area (Å²) in [6.45, 7) is 1.23. The molecule has 0 spiro atoms. The molecule has 2 fully saturated rings. The third-order valence-electron chi connectivity index (χ3n) is 4.89. The number of benzene rings is 1. The van der Waals surface area contributed by atoms with Crippen molar-refractivity contribution in [2.45, 2.75) is 50.9 Å². The highest BCUT2D eigenvalue weighted by Gasteiger charge is 2.41. The molecule has 1 aromatic carbocycles. The highest BCUT2D eigenvalue weighted by Crippen LogP contribution is 2.34. The first kappa shape index (κ1) is 16.0. The van der Waals surface area contributed by atoms with Crippen molar-refractivity contribution in [1.82, 2.24) is 4.90 Å². The highest BCUT2D eigenvalue weighted by molar-refractivity contribution is 5.88. The van der Waals surface area contributed by atoms with Gasteiger partial charge in [0, 0.05) is 12.5 Å². The van der Waals surface area contributed by atoms with E-state index in [0.717, 1.165) is 31.2 Å². The average Bonchev–Trinajstić information content (AvgIpc) is 2.54. The molecule has 1 unspecified atom stereocenters. The Hall–Kier alpha value is -1.88. The molecule has 1 aliphatic carbocycles. The Kier molecular flexibility index (Phi) is 4.96. The van der Waals surface area contributed by atoms with Crippen LogP contribution in [0.15, 0.2) is 30.3 Å². The van der Waals surface area contributed by atoms with E-state index in [4.69, 9.17) is 10.5 Å². The molecule has 0 radical (unpaired) electrons. The Labute approximate surface area is 136 Å². The fraction of sp³-hybridized carbons (Fsp3) is 0.556. The van der Waals surface area contributed by atoms with Gasteiger partial charge in [0.05, 0.1) is 12.7 Å². The summed E-state index contributed by atoms with van der Waals surface area (Å²) in [5, 5.41) is 0. The monoisotopic (exact) mass is 316 g/mol. The van der Waals surface area contributed by atoms with Crippen LogP contribution in [0, 0.1) is 5.92 Å². The van der Waals surface area contributed by atoms with Crippen LogP contribution < -0.4 is 5.73 Å². The van der Waals surface area contributed by atoms with Crippen LogP contribution in [0.4, 0.5) is 0 Å². The van der Waals surface area contributed by atoms with Crippen LogP contribution in [0.3, 0.4) is 0 Å². The van der Waals surface area contributed by atoms with Crippen molar-refractivity contribution in [2.24, 2.45) is 11.7 Å². The first-order valence-electron chi connectivity index (χ1n) is 8.40. The minimum atomic E-state index is -0.416. The molecule has 1 aromatic rings. The average molecular weight is 316 g/mol. The Morgan fingerprint density at radius 1 is 1.17 bits per heavy atom. The quantitative estimate of drug-likeness (QED) is 0.901. The predicted molar refractivity (Wildman–Crippen MR) is 86.3 cm³/mol.